The molecule has 0 nitrogen and oxygen atoms in total. The monoisotopic (exact) mass is 276 g/mol. The summed E-state index contributed by atoms with van der Waals surface area (Å²) in [4.78, 5) is 0. The van der Waals surface area contributed by atoms with Crippen LogP contribution in [0.3, 0.4) is 0 Å². The van der Waals surface area contributed by atoms with Gasteiger partial charge < -0.3 is 0 Å². The summed E-state index contributed by atoms with van der Waals surface area (Å²) in [6.07, 6.45) is -1.06. The van der Waals surface area contributed by atoms with Crippen molar-refractivity contribution in [3.05, 3.63) is 108 Å². The van der Waals surface area contributed by atoms with Crippen LogP contribution in [0.15, 0.2) is 91.0 Å². The molecular formula is C20H17F. The first-order chi connectivity index (χ1) is 10.4. The van der Waals surface area contributed by atoms with Crippen LogP contribution in [-0.2, 0) is 0 Å². The number of benzene rings is 3. The number of halogens is 1. The first-order valence-corrected chi connectivity index (χ1v) is 7.15. The fourth-order valence-electron chi connectivity index (χ4n) is 2.68. The van der Waals surface area contributed by atoms with E-state index in [1.54, 1.807) is 0 Å². The molecule has 0 bridgehead atoms. The van der Waals surface area contributed by atoms with Gasteiger partial charge in [0.2, 0.25) is 0 Å². The average Bonchev–Trinajstić information content (AvgIpc) is 2.58. The third-order valence-electron chi connectivity index (χ3n) is 3.73. The summed E-state index contributed by atoms with van der Waals surface area (Å²) in [6.45, 7) is 0. The van der Waals surface area contributed by atoms with E-state index >= 15 is 4.39 Å². The third-order valence-corrected chi connectivity index (χ3v) is 3.73. The summed E-state index contributed by atoms with van der Waals surface area (Å²) in [5.41, 5.74) is 2.72. The van der Waals surface area contributed by atoms with Gasteiger partial charge >= 0.3 is 0 Å². The van der Waals surface area contributed by atoms with Crippen LogP contribution in [0, 0.1) is 0 Å². The molecule has 3 aromatic carbocycles. The molecule has 0 aliphatic carbocycles. The molecule has 3 aromatic rings. The normalized spacial score (nSPS) is 12.3. The van der Waals surface area contributed by atoms with Gasteiger partial charge in [0.05, 0.1) is 0 Å². The van der Waals surface area contributed by atoms with Crippen molar-refractivity contribution < 1.29 is 4.39 Å². The standard InChI is InChI=1S/C20H17F/c21-20(18-14-8-3-9-15-18)19(16-10-4-1-5-11-16)17-12-6-2-7-13-17/h1-15,19-20H. The van der Waals surface area contributed by atoms with Gasteiger partial charge in [-0.25, -0.2) is 4.39 Å². The zero-order valence-corrected chi connectivity index (χ0v) is 11.7. The summed E-state index contributed by atoms with van der Waals surface area (Å²) in [7, 11) is 0. The van der Waals surface area contributed by atoms with E-state index in [4.69, 9.17) is 0 Å². The summed E-state index contributed by atoms with van der Waals surface area (Å²) in [6, 6.07) is 29.1. The molecule has 1 atom stereocenters. The highest BCUT2D eigenvalue weighted by Gasteiger charge is 2.25. The van der Waals surface area contributed by atoms with Gasteiger partial charge in [0.1, 0.15) is 6.17 Å². The highest BCUT2D eigenvalue weighted by molar-refractivity contribution is 5.36. The molecule has 1 heteroatoms. The van der Waals surface area contributed by atoms with Crippen molar-refractivity contribution in [2.75, 3.05) is 0 Å². The zero-order chi connectivity index (χ0) is 14.5. The lowest BCUT2D eigenvalue weighted by atomic mass is 9.84. The number of hydrogen-bond donors (Lipinski definition) is 0. The lowest BCUT2D eigenvalue weighted by Crippen LogP contribution is -2.09. The summed E-state index contributed by atoms with van der Waals surface area (Å²) >= 11 is 0. The highest BCUT2D eigenvalue weighted by atomic mass is 19.1. The molecule has 104 valence electrons. The molecule has 0 saturated carbocycles. The minimum atomic E-state index is -1.06. The van der Waals surface area contributed by atoms with Crippen molar-refractivity contribution >= 4 is 0 Å². The van der Waals surface area contributed by atoms with Gasteiger partial charge in [0.25, 0.3) is 0 Å². The maximum absolute atomic E-state index is 15.2. The van der Waals surface area contributed by atoms with Crippen LogP contribution in [0.25, 0.3) is 0 Å². The Bertz CT molecular complexity index is 622. The SMILES string of the molecule is FC(c1ccccc1)C(c1ccccc1)c1ccccc1. The molecular weight excluding hydrogens is 259 g/mol. The van der Waals surface area contributed by atoms with Crippen LogP contribution >= 0.6 is 0 Å². The Labute approximate surface area is 124 Å². The molecule has 21 heavy (non-hydrogen) atoms. The summed E-state index contributed by atoms with van der Waals surface area (Å²) < 4.78 is 15.2. The number of hydrogen-bond acceptors (Lipinski definition) is 0. The van der Waals surface area contributed by atoms with E-state index < -0.39 is 6.17 Å². The van der Waals surface area contributed by atoms with E-state index in [9.17, 15) is 0 Å². The van der Waals surface area contributed by atoms with Gasteiger partial charge in [0, 0.05) is 5.92 Å². The second-order valence-corrected chi connectivity index (χ2v) is 5.11. The average molecular weight is 276 g/mol. The largest absolute Gasteiger partial charge is 0.241 e. The van der Waals surface area contributed by atoms with Crippen molar-refractivity contribution in [3.8, 4) is 0 Å². The van der Waals surface area contributed by atoms with E-state index in [2.05, 4.69) is 0 Å². The van der Waals surface area contributed by atoms with Gasteiger partial charge in [-0.1, -0.05) is 91.0 Å². The van der Waals surface area contributed by atoms with Crippen LogP contribution in [-0.4, -0.2) is 0 Å². The Morgan fingerprint density at radius 2 is 0.810 bits per heavy atom. The second kappa shape index (κ2) is 6.36. The number of rotatable bonds is 4. The van der Waals surface area contributed by atoms with Crippen molar-refractivity contribution in [1.29, 1.82) is 0 Å². The molecule has 0 fully saturated rings. The van der Waals surface area contributed by atoms with Crippen LogP contribution in [0.4, 0.5) is 4.39 Å². The lowest BCUT2D eigenvalue weighted by Gasteiger charge is -2.22. The third kappa shape index (κ3) is 3.03. The Morgan fingerprint density at radius 1 is 0.476 bits per heavy atom. The molecule has 0 aliphatic heterocycles. The molecule has 0 spiro atoms. The molecule has 1 unspecified atom stereocenters. The Hall–Kier alpha value is -2.41. The van der Waals surface area contributed by atoms with Crippen molar-refractivity contribution in [3.63, 3.8) is 0 Å². The quantitative estimate of drug-likeness (QED) is 0.587. The van der Waals surface area contributed by atoms with Crippen molar-refractivity contribution in [1.82, 2.24) is 0 Å². The van der Waals surface area contributed by atoms with E-state index in [0.717, 1.165) is 16.7 Å². The summed E-state index contributed by atoms with van der Waals surface area (Å²) in [5.74, 6) is -0.283. The Kier molecular flexibility index (Phi) is 4.11. The minimum absolute atomic E-state index is 0.283. The molecule has 0 N–H and O–H groups in total. The predicted molar refractivity (Wildman–Crippen MR) is 85.0 cm³/mol. The van der Waals surface area contributed by atoms with Crippen LogP contribution in [0.2, 0.25) is 0 Å². The van der Waals surface area contributed by atoms with E-state index in [-0.39, 0.29) is 5.92 Å². The molecule has 0 saturated heterocycles. The molecule has 3 rings (SSSR count). The van der Waals surface area contributed by atoms with E-state index in [1.807, 2.05) is 91.0 Å². The van der Waals surface area contributed by atoms with Gasteiger partial charge in [-0.3, -0.25) is 0 Å². The number of alkyl halides is 1. The van der Waals surface area contributed by atoms with Crippen LogP contribution in [0.5, 0.6) is 0 Å². The van der Waals surface area contributed by atoms with Crippen LogP contribution < -0.4 is 0 Å². The highest BCUT2D eigenvalue weighted by Crippen LogP contribution is 2.39. The fraction of sp³-hybridized carbons (Fsp3) is 0.100. The first-order valence-electron chi connectivity index (χ1n) is 7.15. The van der Waals surface area contributed by atoms with Gasteiger partial charge in [-0.2, -0.15) is 0 Å². The first kappa shape index (κ1) is 13.6. The van der Waals surface area contributed by atoms with Gasteiger partial charge in [-0.05, 0) is 16.7 Å². The molecule has 0 heterocycles. The Balaban J connectivity index is 2.05. The maximum Gasteiger partial charge on any atom is 0.136 e. The van der Waals surface area contributed by atoms with Crippen molar-refractivity contribution in [2.24, 2.45) is 0 Å². The molecule has 0 radical (unpaired) electrons. The topological polar surface area (TPSA) is 0 Å². The lowest BCUT2D eigenvalue weighted by molar-refractivity contribution is 0.311. The van der Waals surface area contributed by atoms with E-state index in [0.29, 0.717) is 0 Å². The van der Waals surface area contributed by atoms with E-state index in [1.165, 1.54) is 0 Å². The summed E-state index contributed by atoms with van der Waals surface area (Å²) in [5, 5.41) is 0. The smallest absolute Gasteiger partial charge is 0.136 e. The zero-order valence-electron chi connectivity index (χ0n) is 11.7. The molecule has 0 aliphatic rings. The maximum atomic E-state index is 15.2. The Morgan fingerprint density at radius 3 is 1.19 bits per heavy atom. The van der Waals surface area contributed by atoms with Crippen molar-refractivity contribution in [2.45, 2.75) is 12.1 Å². The second-order valence-electron chi connectivity index (χ2n) is 5.11. The minimum Gasteiger partial charge on any atom is -0.241 e. The van der Waals surface area contributed by atoms with Crippen LogP contribution in [0.1, 0.15) is 28.8 Å². The van der Waals surface area contributed by atoms with Gasteiger partial charge in [0.15, 0.2) is 0 Å². The predicted octanol–water partition coefficient (Wildman–Crippen LogP) is 5.53. The molecule has 0 amide bonds. The van der Waals surface area contributed by atoms with Gasteiger partial charge in [-0.15, -0.1) is 0 Å². The molecule has 0 aromatic heterocycles. The fourth-order valence-corrected chi connectivity index (χ4v) is 2.68.